The molecule has 16 heavy (non-hydrogen) atoms. The molecule has 84 valence electrons. The number of halogens is 1. The van der Waals surface area contributed by atoms with Crippen LogP contribution in [0.2, 0.25) is 0 Å². The fraction of sp³-hybridized carbons (Fsp3) is 0.250. The van der Waals surface area contributed by atoms with E-state index in [1.165, 1.54) is 18.2 Å². The normalized spacial score (nSPS) is 15.3. The zero-order valence-corrected chi connectivity index (χ0v) is 8.74. The second-order valence-corrected chi connectivity index (χ2v) is 3.81. The Hall–Kier alpha value is -1.84. The Kier molecular flexibility index (Phi) is 2.90. The summed E-state index contributed by atoms with van der Waals surface area (Å²) in [5.41, 5.74) is 5.62. The summed E-state index contributed by atoms with van der Waals surface area (Å²) in [5, 5.41) is 2.82. The molecule has 0 spiro atoms. The third-order valence-electron chi connectivity index (χ3n) is 2.64. The first-order valence-corrected chi connectivity index (χ1v) is 5.18. The largest absolute Gasteiger partial charge is 0.396 e. The van der Waals surface area contributed by atoms with Crippen molar-refractivity contribution in [1.82, 2.24) is 5.32 Å². The molecule has 4 heteroatoms. The highest BCUT2D eigenvalue weighted by atomic mass is 19.1. The van der Waals surface area contributed by atoms with Crippen molar-refractivity contribution in [2.45, 2.75) is 18.9 Å². The van der Waals surface area contributed by atoms with Crippen LogP contribution in [0.5, 0.6) is 0 Å². The number of hydrogen-bond donors (Lipinski definition) is 2. The minimum Gasteiger partial charge on any atom is -0.396 e. The molecule has 1 aliphatic carbocycles. The van der Waals surface area contributed by atoms with Crippen molar-refractivity contribution in [2.24, 2.45) is 0 Å². The molecule has 0 saturated carbocycles. The van der Waals surface area contributed by atoms with Gasteiger partial charge in [-0.3, -0.25) is 4.79 Å². The second kappa shape index (κ2) is 4.35. The van der Waals surface area contributed by atoms with Crippen molar-refractivity contribution in [1.29, 1.82) is 0 Å². The third kappa shape index (κ3) is 2.05. The Bertz CT molecular complexity index is 435. The molecule has 1 aromatic carbocycles. The fourth-order valence-corrected chi connectivity index (χ4v) is 1.73. The summed E-state index contributed by atoms with van der Waals surface area (Å²) in [4.78, 5) is 11.8. The highest BCUT2D eigenvalue weighted by molar-refractivity contribution is 5.99. The smallest absolute Gasteiger partial charge is 0.253 e. The average molecular weight is 220 g/mol. The SMILES string of the molecule is Nc1c(F)cccc1C(=O)NC1CC=CC1. The average Bonchev–Trinajstić information content (AvgIpc) is 2.74. The van der Waals surface area contributed by atoms with E-state index in [0.717, 1.165) is 12.8 Å². The summed E-state index contributed by atoms with van der Waals surface area (Å²) in [7, 11) is 0. The van der Waals surface area contributed by atoms with Crippen LogP contribution >= 0.6 is 0 Å². The number of nitrogens with two attached hydrogens (primary N) is 1. The molecular formula is C12H13FN2O. The standard InChI is InChI=1S/C12H13FN2O/c13-10-7-3-6-9(11(10)14)12(16)15-8-4-1-2-5-8/h1-3,6-8H,4-5,14H2,(H,15,16). The van der Waals surface area contributed by atoms with Crippen molar-refractivity contribution in [3.8, 4) is 0 Å². The number of nitrogens with one attached hydrogen (secondary N) is 1. The lowest BCUT2D eigenvalue weighted by Gasteiger charge is -2.13. The van der Waals surface area contributed by atoms with Crippen molar-refractivity contribution in [2.75, 3.05) is 5.73 Å². The molecule has 2 rings (SSSR count). The number of carbonyl (C=O) groups excluding carboxylic acids is 1. The molecule has 1 aliphatic rings. The Morgan fingerprint density at radius 3 is 2.75 bits per heavy atom. The lowest BCUT2D eigenvalue weighted by atomic mass is 10.1. The summed E-state index contributed by atoms with van der Waals surface area (Å²) in [6.45, 7) is 0. The quantitative estimate of drug-likeness (QED) is 0.590. The van der Waals surface area contributed by atoms with Crippen molar-refractivity contribution >= 4 is 11.6 Å². The molecule has 0 bridgehead atoms. The number of amides is 1. The summed E-state index contributed by atoms with van der Waals surface area (Å²) >= 11 is 0. The van der Waals surface area contributed by atoms with Gasteiger partial charge in [-0.05, 0) is 25.0 Å². The first-order valence-electron chi connectivity index (χ1n) is 5.18. The van der Waals surface area contributed by atoms with Crippen LogP contribution in [0.25, 0.3) is 0 Å². The van der Waals surface area contributed by atoms with Crippen LogP contribution in [0.3, 0.4) is 0 Å². The number of benzene rings is 1. The van der Waals surface area contributed by atoms with E-state index in [0.29, 0.717) is 0 Å². The van der Waals surface area contributed by atoms with E-state index >= 15 is 0 Å². The number of hydrogen-bond acceptors (Lipinski definition) is 2. The monoisotopic (exact) mass is 220 g/mol. The van der Waals surface area contributed by atoms with Gasteiger partial charge in [-0.2, -0.15) is 0 Å². The fourth-order valence-electron chi connectivity index (χ4n) is 1.73. The van der Waals surface area contributed by atoms with E-state index in [2.05, 4.69) is 5.32 Å². The van der Waals surface area contributed by atoms with Crippen LogP contribution in [-0.2, 0) is 0 Å². The number of carbonyl (C=O) groups is 1. The topological polar surface area (TPSA) is 55.1 Å². The van der Waals surface area contributed by atoms with Gasteiger partial charge >= 0.3 is 0 Å². The van der Waals surface area contributed by atoms with E-state index in [4.69, 9.17) is 5.73 Å². The van der Waals surface area contributed by atoms with Gasteiger partial charge in [-0.1, -0.05) is 18.2 Å². The van der Waals surface area contributed by atoms with E-state index in [1.54, 1.807) is 0 Å². The van der Waals surface area contributed by atoms with Gasteiger partial charge < -0.3 is 11.1 Å². The predicted octanol–water partition coefficient (Wildman–Crippen LogP) is 1.86. The van der Waals surface area contributed by atoms with Crippen LogP contribution < -0.4 is 11.1 Å². The van der Waals surface area contributed by atoms with Gasteiger partial charge in [0.1, 0.15) is 5.82 Å². The maximum absolute atomic E-state index is 13.1. The summed E-state index contributed by atoms with van der Waals surface area (Å²) in [5.74, 6) is -0.872. The Balaban J connectivity index is 2.11. The first kappa shape index (κ1) is 10.7. The highest BCUT2D eigenvalue weighted by Crippen LogP contribution is 2.17. The van der Waals surface area contributed by atoms with Gasteiger partial charge in [0.05, 0.1) is 11.3 Å². The van der Waals surface area contributed by atoms with Gasteiger partial charge in [0.15, 0.2) is 0 Å². The minimum atomic E-state index is -0.558. The van der Waals surface area contributed by atoms with Gasteiger partial charge in [0.2, 0.25) is 0 Å². The van der Waals surface area contributed by atoms with E-state index in [-0.39, 0.29) is 23.2 Å². The van der Waals surface area contributed by atoms with Crippen LogP contribution in [-0.4, -0.2) is 11.9 Å². The lowest BCUT2D eigenvalue weighted by molar-refractivity contribution is 0.0939. The Morgan fingerprint density at radius 2 is 2.06 bits per heavy atom. The molecule has 3 N–H and O–H groups in total. The number of anilines is 1. The molecule has 0 aromatic heterocycles. The number of para-hydroxylation sites is 1. The zero-order chi connectivity index (χ0) is 11.5. The molecule has 3 nitrogen and oxygen atoms in total. The molecule has 0 aliphatic heterocycles. The zero-order valence-electron chi connectivity index (χ0n) is 8.74. The van der Waals surface area contributed by atoms with Crippen LogP contribution in [0.1, 0.15) is 23.2 Å². The molecule has 0 heterocycles. The van der Waals surface area contributed by atoms with Crippen LogP contribution in [0.15, 0.2) is 30.4 Å². The Morgan fingerprint density at radius 1 is 1.38 bits per heavy atom. The van der Waals surface area contributed by atoms with Crippen molar-refractivity contribution in [3.63, 3.8) is 0 Å². The first-order chi connectivity index (χ1) is 7.68. The molecule has 0 unspecified atom stereocenters. The van der Waals surface area contributed by atoms with Gasteiger partial charge in [0, 0.05) is 6.04 Å². The second-order valence-electron chi connectivity index (χ2n) is 3.81. The summed E-state index contributed by atoms with van der Waals surface area (Å²) in [6, 6.07) is 4.35. The molecule has 1 aromatic rings. The maximum atomic E-state index is 13.1. The van der Waals surface area contributed by atoms with Crippen molar-refractivity contribution in [3.05, 3.63) is 41.7 Å². The van der Waals surface area contributed by atoms with E-state index < -0.39 is 5.82 Å². The summed E-state index contributed by atoms with van der Waals surface area (Å²) < 4.78 is 13.1. The molecular weight excluding hydrogens is 207 g/mol. The minimum absolute atomic E-state index is 0.0917. The van der Waals surface area contributed by atoms with E-state index in [1.807, 2.05) is 12.2 Å². The molecule has 0 atom stereocenters. The van der Waals surface area contributed by atoms with Crippen molar-refractivity contribution < 1.29 is 9.18 Å². The van der Waals surface area contributed by atoms with E-state index in [9.17, 15) is 9.18 Å². The number of rotatable bonds is 2. The molecule has 1 amide bonds. The van der Waals surface area contributed by atoms with Gasteiger partial charge in [0.25, 0.3) is 5.91 Å². The van der Waals surface area contributed by atoms with Gasteiger partial charge in [-0.15, -0.1) is 0 Å². The van der Waals surface area contributed by atoms with Gasteiger partial charge in [-0.25, -0.2) is 4.39 Å². The predicted molar refractivity (Wildman–Crippen MR) is 60.4 cm³/mol. The summed E-state index contributed by atoms with van der Waals surface area (Å²) in [6.07, 6.45) is 5.67. The maximum Gasteiger partial charge on any atom is 0.253 e. The molecule has 0 radical (unpaired) electrons. The van der Waals surface area contributed by atoms with Crippen LogP contribution in [0, 0.1) is 5.82 Å². The lowest BCUT2D eigenvalue weighted by Crippen LogP contribution is -2.33. The molecule has 0 fully saturated rings. The molecule has 0 saturated heterocycles. The van der Waals surface area contributed by atoms with Crippen LogP contribution in [0.4, 0.5) is 10.1 Å². The highest BCUT2D eigenvalue weighted by Gasteiger charge is 2.17. The third-order valence-corrected chi connectivity index (χ3v) is 2.64. The Labute approximate surface area is 93.1 Å². The number of nitrogen functional groups attached to an aromatic ring is 1.